The summed E-state index contributed by atoms with van der Waals surface area (Å²) in [7, 11) is 0. The lowest BCUT2D eigenvalue weighted by atomic mass is 10.2. The number of halogens is 3. The maximum absolute atomic E-state index is 12.4. The third-order valence-corrected chi connectivity index (χ3v) is 2.57. The summed E-state index contributed by atoms with van der Waals surface area (Å²) in [6.07, 6.45) is 2.10. The zero-order valence-corrected chi connectivity index (χ0v) is 9.84. The van der Waals surface area contributed by atoms with E-state index >= 15 is 0 Å². The maximum atomic E-state index is 12.4. The van der Waals surface area contributed by atoms with Crippen molar-refractivity contribution in [2.24, 2.45) is 0 Å². The average Bonchev–Trinajstić information content (AvgIpc) is 2.63. The fourth-order valence-corrected chi connectivity index (χ4v) is 1.24. The van der Waals surface area contributed by atoms with Crippen molar-refractivity contribution in [2.45, 2.75) is 38.1 Å². The fraction of sp³-hybridized carbons (Fsp3) is 0.600. The van der Waals surface area contributed by atoms with Crippen molar-refractivity contribution in [3.63, 3.8) is 0 Å². The minimum Gasteiger partial charge on any atom is -0.291 e. The smallest absolute Gasteiger partial charge is 0.291 e. The molecule has 1 unspecified atom stereocenters. The molecule has 0 aliphatic rings. The highest BCUT2D eigenvalue weighted by Crippen LogP contribution is 2.21. The monoisotopic (exact) mass is 250 g/mol. The van der Waals surface area contributed by atoms with Crippen molar-refractivity contribution in [1.29, 1.82) is 0 Å². The third kappa shape index (κ3) is 3.27. The quantitative estimate of drug-likeness (QED) is 0.753. The molecular weight excluding hydrogens is 238 g/mol. The van der Waals surface area contributed by atoms with Crippen LogP contribution >= 0.6 is 11.6 Å². The first-order valence-electron chi connectivity index (χ1n) is 4.98. The summed E-state index contributed by atoms with van der Waals surface area (Å²) in [5.74, 6) is -1.33. The van der Waals surface area contributed by atoms with Gasteiger partial charge in [-0.25, -0.2) is 0 Å². The predicted molar refractivity (Wildman–Crippen MR) is 56.7 cm³/mol. The second-order valence-corrected chi connectivity index (χ2v) is 4.12. The van der Waals surface area contributed by atoms with E-state index in [1.165, 1.54) is 0 Å². The summed E-state index contributed by atoms with van der Waals surface area (Å²) < 4.78 is 26.5. The first kappa shape index (κ1) is 13.1. The molecule has 1 heterocycles. The van der Waals surface area contributed by atoms with E-state index in [2.05, 4.69) is 16.7 Å². The first-order valence-corrected chi connectivity index (χ1v) is 5.36. The maximum Gasteiger partial charge on any atom is 0.380 e. The van der Waals surface area contributed by atoms with Gasteiger partial charge in [0, 0.05) is 12.2 Å². The van der Waals surface area contributed by atoms with Gasteiger partial charge in [-0.2, -0.15) is 13.9 Å². The minimum absolute atomic E-state index is 0.181. The molecule has 6 heteroatoms. The van der Waals surface area contributed by atoms with E-state index in [9.17, 15) is 13.6 Å². The van der Waals surface area contributed by atoms with Gasteiger partial charge in [-0.3, -0.25) is 9.48 Å². The number of Topliss-reactive ketones (excluding diaryl/α,β-unsaturated/α-hetero) is 1. The van der Waals surface area contributed by atoms with E-state index in [4.69, 9.17) is 0 Å². The van der Waals surface area contributed by atoms with Crippen LogP contribution in [0, 0.1) is 0 Å². The second kappa shape index (κ2) is 4.91. The lowest BCUT2D eigenvalue weighted by Crippen LogP contribution is -2.23. The highest BCUT2D eigenvalue weighted by molar-refractivity contribution is 6.32. The van der Waals surface area contributed by atoms with E-state index in [0.717, 1.165) is 6.42 Å². The number of aromatic nitrogens is 2. The van der Waals surface area contributed by atoms with Crippen molar-refractivity contribution in [3.05, 3.63) is 18.0 Å². The Morgan fingerprint density at radius 3 is 2.81 bits per heavy atom. The normalized spacial score (nSPS) is 13.8. The third-order valence-electron chi connectivity index (χ3n) is 2.36. The number of nitrogens with zero attached hydrogens (tertiary/aromatic N) is 2. The molecule has 0 N–H and O–H groups in total. The van der Waals surface area contributed by atoms with Crippen molar-refractivity contribution in [2.75, 3.05) is 0 Å². The van der Waals surface area contributed by atoms with Crippen LogP contribution in [-0.2, 0) is 11.2 Å². The highest BCUT2D eigenvalue weighted by Gasteiger charge is 2.35. The molecule has 90 valence electrons. The van der Waals surface area contributed by atoms with Gasteiger partial charge in [0.15, 0.2) is 0 Å². The van der Waals surface area contributed by atoms with E-state index in [1.54, 1.807) is 16.9 Å². The van der Waals surface area contributed by atoms with Gasteiger partial charge in [-0.05, 0) is 31.0 Å². The van der Waals surface area contributed by atoms with Crippen LogP contribution in [0.5, 0.6) is 0 Å². The molecule has 0 radical (unpaired) electrons. The Morgan fingerprint density at radius 1 is 1.69 bits per heavy atom. The Morgan fingerprint density at radius 2 is 2.31 bits per heavy atom. The van der Waals surface area contributed by atoms with Crippen LogP contribution in [0.4, 0.5) is 8.78 Å². The lowest BCUT2D eigenvalue weighted by Gasteiger charge is -2.08. The molecule has 0 fully saturated rings. The molecule has 0 aromatic carbocycles. The van der Waals surface area contributed by atoms with Gasteiger partial charge >= 0.3 is 5.38 Å². The van der Waals surface area contributed by atoms with Crippen molar-refractivity contribution < 1.29 is 13.6 Å². The molecule has 0 amide bonds. The summed E-state index contributed by atoms with van der Waals surface area (Å²) in [4.78, 5) is 11.0. The van der Waals surface area contributed by atoms with Crippen molar-refractivity contribution in [1.82, 2.24) is 9.78 Å². The van der Waals surface area contributed by atoms with Crippen LogP contribution < -0.4 is 0 Å². The van der Waals surface area contributed by atoms with Crippen LogP contribution in [0.2, 0.25) is 0 Å². The summed E-state index contributed by atoms with van der Waals surface area (Å²) >= 11 is 4.61. The van der Waals surface area contributed by atoms with Crippen LogP contribution in [0.1, 0.15) is 32.0 Å². The Hall–Kier alpha value is -0.970. The molecule has 0 saturated heterocycles. The lowest BCUT2D eigenvalue weighted by molar-refractivity contribution is -0.132. The van der Waals surface area contributed by atoms with Crippen molar-refractivity contribution >= 4 is 17.4 Å². The molecule has 0 spiro atoms. The SMILES string of the molecule is CCC(C)n1ccc(CC(=O)C(F)(F)Cl)n1. The average molecular weight is 251 g/mol. The number of ketones is 1. The molecule has 0 saturated carbocycles. The van der Waals surface area contributed by atoms with Gasteiger partial charge in [0.2, 0.25) is 5.78 Å². The Bertz CT molecular complexity index is 373. The molecule has 0 bridgehead atoms. The van der Waals surface area contributed by atoms with Gasteiger partial charge in [-0.15, -0.1) is 0 Å². The Kier molecular flexibility index (Phi) is 4.02. The predicted octanol–water partition coefficient (Wildman–Crippen LogP) is 2.80. The van der Waals surface area contributed by atoms with Gasteiger partial charge < -0.3 is 0 Å². The standard InChI is InChI=1S/C10H13ClF2N2O/c1-3-7(2)15-5-4-8(14-15)6-9(16)10(11,12)13/h4-5,7H,3,6H2,1-2H3. The van der Waals surface area contributed by atoms with E-state index in [1.807, 2.05) is 13.8 Å². The molecule has 1 aromatic rings. The minimum atomic E-state index is -3.81. The molecule has 16 heavy (non-hydrogen) atoms. The molecule has 0 aliphatic carbocycles. The molecule has 3 nitrogen and oxygen atoms in total. The summed E-state index contributed by atoms with van der Waals surface area (Å²) in [5.41, 5.74) is 0.311. The van der Waals surface area contributed by atoms with Gasteiger partial charge in [0.1, 0.15) is 0 Å². The number of rotatable bonds is 5. The van der Waals surface area contributed by atoms with Gasteiger partial charge in [-0.1, -0.05) is 6.92 Å². The number of hydrogen-bond donors (Lipinski definition) is 0. The number of hydrogen-bond acceptors (Lipinski definition) is 2. The highest BCUT2D eigenvalue weighted by atomic mass is 35.5. The molecule has 1 rings (SSSR count). The zero-order chi connectivity index (χ0) is 12.3. The van der Waals surface area contributed by atoms with Crippen LogP contribution in [0.3, 0.4) is 0 Å². The van der Waals surface area contributed by atoms with Gasteiger partial charge in [0.25, 0.3) is 0 Å². The zero-order valence-electron chi connectivity index (χ0n) is 9.08. The Labute approximate surface area is 97.4 Å². The molecule has 1 aromatic heterocycles. The van der Waals surface area contributed by atoms with Gasteiger partial charge in [0.05, 0.1) is 12.1 Å². The first-order chi connectivity index (χ1) is 7.34. The Balaban J connectivity index is 2.69. The number of alkyl halides is 3. The van der Waals surface area contributed by atoms with E-state index in [0.29, 0.717) is 5.69 Å². The molecular formula is C10H13ClF2N2O. The molecule has 0 aliphatic heterocycles. The van der Waals surface area contributed by atoms with Crippen LogP contribution in [0.25, 0.3) is 0 Å². The number of carbonyl (C=O) groups is 1. The summed E-state index contributed by atoms with van der Waals surface area (Å²) in [6.45, 7) is 3.94. The second-order valence-electron chi connectivity index (χ2n) is 3.64. The van der Waals surface area contributed by atoms with E-state index < -0.39 is 17.6 Å². The van der Waals surface area contributed by atoms with Crippen LogP contribution in [-0.4, -0.2) is 20.9 Å². The number of carbonyl (C=O) groups excluding carboxylic acids is 1. The van der Waals surface area contributed by atoms with Crippen LogP contribution in [0.15, 0.2) is 12.3 Å². The fourth-order valence-electron chi connectivity index (χ4n) is 1.17. The summed E-state index contributed by atoms with van der Waals surface area (Å²) in [6, 6.07) is 1.73. The molecule has 1 atom stereocenters. The van der Waals surface area contributed by atoms with E-state index in [-0.39, 0.29) is 6.04 Å². The topological polar surface area (TPSA) is 34.9 Å². The summed E-state index contributed by atoms with van der Waals surface area (Å²) in [5, 5.41) is 0.233. The largest absolute Gasteiger partial charge is 0.380 e. The van der Waals surface area contributed by atoms with Crippen molar-refractivity contribution in [3.8, 4) is 0 Å².